The molecular weight excluding hydrogens is 351 g/mol. The van der Waals surface area contributed by atoms with Crippen LogP contribution in [0.3, 0.4) is 0 Å². The Kier molecular flexibility index (Phi) is 15.0. The van der Waals surface area contributed by atoms with E-state index in [0.29, 0.717) is 13.2 Å². The van der Waals surface area contributed by atoms with Crippen molar-refractivity contribution in [2.24, 2.45) is 0 Å². The van der Waals surface area contributed by atoms with Crippen LogP contribution in [0.15, 0.2) is 0 Å². The quantitative estimate of drug-likeness (QED) is 0.260. The third-order valence-electron chi connectivity index (χ3n) is 3.27. The average Bonchev–Trinajstić information content (AvgIpc) is 2.46. The third kappa shape index (κ3) is 14.4. The second kappa shape index (κ2) is 14.7. The van der Waals surface area contributed by atoms with Gasteiger partial charge in [0.2, 0.25) is 5.69 Å². The van der Waals surface area contributed by atoms with Crippen molar-refractivity contribution in [2.75, 3.05) is 13.2 Å². The Morgan fingerprint density at radius 3 is 1.91 bits per heavy atom. The molecule has 0 rings (SSSR count). The zero-order chi connectivity index (χ0) is 17.6. The van der Waals surface area contributed by atoms with Gasteiger partial charge < -0.3 is 14.2 Å². The highest BCUT2D eigenvalue weighted by Crippen LogP contribution is 2.63. The Morgan fingerprint density at radius 2 is 1.52 bits per heavy atom. The van der Waals surface area contributed by atoms with Gasteiger partial charge in [0, 0.05) is 5.25 Å². The van der Waals surface area contributed by atoms with Crippen LogP contribution >= 0.6 is 17.1 Å². The largest absolute Gasteiger partial charge is 0.481 e. The molecule has 0 aliphatic rings. The van der Waals surface area contributed by atoms with E-state index >= 15 is 0 Å². The monoisotopic (exact) mass is 384 g/mol. The minimum absolute atomic E-state index is 0.0848. The van der Waals surface area contributed by atoms with Crippen LogP contribution < -0.4 is 0 Å². The summed E-state index contributed by atoms with van der Waals surface area (Å²) in [6.07, 6.45) is 9.10. The van der Waals surface area contributed by atoms with Crippen molar-refractivity contribution < 1.29 is 18.9 Å². The molecule has 0 radical (unpaired) electrons. The SMILES string of the molecule is CCCCCCOP(=S)(OCCCCCC)SC(C)CC(=O)O. The molecule has 0 fully saturated rings. The lowest BCUT2D eigenvalue weighted by Crippen LogP contribution is -2.07. The Hall–Kier alpha value is 0.390. The van der Waals surface area contributed by atoms with Gasteiger partial charge in [-0.3, -0.25) is 4.79 Å². The topological polar surface area (TPSA) is 55.8 Å². The van der Waals surface area contributed by atoms with Crippen LogP contribution in [0.25, 0.3) is 0 Å². The smallest absolute Gasteiger partial charge is 0.304 e. The first-order valence-electron chi connectivity index (χ1n) is 8.72. The molecule has 0 aromatic carbocycles. The maximum Gasteiger partial charge on any atom is 0.304 e. The van der Waals surface area contributed by atoms with Crippen LogP contribution in [0.5, 0.6) is 0 Å². The summed E-state index contributed by atoms with van der Waals surface area (Å²) in [5.41, 5.74) is -2.44. The van der Waals surface area contributed by atoms with Crippen LogP contribution in [-0.4, -0.2) is 29.5 Å². The highest BCUT2D eigenvalue weighted by molar-refractivity contribution is 8.68. The fraction of sp³-hybridized carbons (Fsp3) is 0.938. The van der Waals surface area contributed by atoms with Gasteiger partial charge >= 0.3 is 5.97 Å². The molecular formula is C16H33O4PS2. The van der Waals surface area contributed by atoms with Crippen molar-refractivity contribution in [3.8, 4) is 0 Å². The summed E-state index contributed by atoms with van der Waals surface area (Å²) in [7, 11) is 0. The van der Waals surface area contributed by atoms with Gasteiger partial charge in [-0.05, 0) is 24.6 Å². The maximum atomic E-state index is 10.8. The fourth-order valence-corrected chi connectivity index (χ4v) is 7.70. The van der Waals surface area contributed by atoms with Gasteiger partial charge in [0.05, 0.1) is 19.6 Å². The van der Waals surface area contributed by atoms with E-state index in [1.807, 2.05) is 6.92 Å². The molecule has 0 heterocycles. The molecule has 0 aliphatic heterocycles. The molecule has 0 bridgehead atoms. The normalized spacial score (nSPS) is 13.2. The van der Waals surface area contributed by atoms with E-state index in [4.69, 9.17) is 26.0 Å². The summed E-state index contributed by atoms with van der Waals surface area (Å²) in [4.78, 5) is 10.8. The first-order valence-corrected chi connectivity index (χ1v) is 12.8. The first kappa shape index (κ1) is 23.4. The number of aliphatic carboxylic acids is 1. The molecule has 0 aromatic heterocycles. The first-order chi connectivity index (χ1) is 10.9. The van der Waals surface area contributed by atoms with Gasteiger partial charge in [-0.15, -0.1) is 0 Å². The predicted molar refractivity (Wildman–Crippen MR) is 104 cm³/mol. The number of unbranched alkanes of at least 4 members (excludes halogenated alkanes) is 6. The summed E-state index contributed by atoms with van der Waals surface area (Å²) in [6.45, 7) is 7.45. The molecule has 0 aromatic rings. The molecule has 0 spiro atoms. The van der Waals surface area contributed by atoms with E-state index in [-0.39, 0.29) is 11.7 Å². The minimum atomic E-state index is -2.44. The van der Waals surface area contributed by atoms with E-state index in [1.54, 1.807) is 0 Å². The van der Waals surface area contributed by atoms with Crippen molar-refractivity contribution >= 4 is 34.9 Å². The summed E-state index contributed by atoms with van der Waals surface area (Å²) >= 11 is 7.03. The maximum absolute atomic E-state index is 10.8. The van der Waals surface area contributed by atoms with Gasteiger partial charge in [0.25, 0.3) is 0 Å². The van der Waals surface area contributed by atoms with Crippen LogP contribution in [0, 0.1) is 0 Å². The zero-order valence-corrected chi connectivity index (χ0v) is 17.3. The minimum Gasteiger partial charge on any atom is -0.481 e. The van der Waals surface area contributed by atoms with Gasteiger partial charge in [0.1, 0.15) is 0 Å². The Morgan fingerprint density at radius 1 is 1.04 bits per heavy atom. The second-order valence-corrected chi connectivity index (χ2v) is 12.4. The fourth-order valence-electron chi connectivity index (χ4n) is 2.01. The lowest BCUT2D eigenvalue weighted by atomic mass is 10.2. The molecule has 0 aliphatic carbocycles. The molecule has 1 unspecified atom stereocenters. The predicted octanol–water partition coefficient (Wildman–Crippen LogP) is 6.00. The van der Waals surface area contributed by atoms with Crippen LogP contribution in [-0.2, 0) is 25.6 Å². The second-order valence-electron chi connectivity index (χ2n) is 5.75. The summed E-state index contributed by atoms with van der Waals surface area (Å²) in [6, 6.07) is 0. The molecule has 4 nitrogen and oxygen atoms in total. The number of carboxylic acids is 1. The summed E-state index contributed by atoms with van der Waals surface area (Å²) in [5.74, 6) is -0.808. The van der Waals surface area contributed by atoms with E-state index in [9.17, 15) is 4.79 Å². The number of hydrogen-bond donors (Lipinski definition) is 1. The van der Waals surface area contributed by atoms with Crippen molar-refractivity contribution in [3.63, 3.8) is 0 Å². The van der Waals surface area contributed by atoms with Gasteiger partial charge in [-0.25, -0.2) is 0 Å². The van der Waals surface area contributed by atoms with E-state index in [2.05, 4.69) is 13.8 Å². The number of hydrogen-bond acceptors (Lipinski definition) is 5. The number of carboxylic acid groups (broad SMARTS) is 1. The van der Waals surface area contributed by atoms with Crippen molar-refractivity contribution in [1.82, 2.24) is 0 Å². The van der Waals surface area contributed by atoms with Crippen LogP contribution in [0.2, 0.25) is 0 Å². The van der Waals surface area contributed by atoms with Crippen LogP contribution in [0.1, 0.15) is 78.6 Å². The zero-order valence-electron chi connectivity index (χ0n) is 14.8. The average molecular weight is 385 g/mol. The lowest BCUT2D eigenvalue weighted by Gasteiger charge is -2.24. The van der Waals surface area contributed by atoms with Crippen LogP contribution in [0.4, 0.5) is 0 Å². The third-order valence-corrected chi connectivity index (χ3v) is 8.94. The molecule has 23 heavy (non-hydrogen) atoms. The molecule has 138 valence electrons. The van der Waals surface area contributed by atoms with Crippen molar-refractivity contribution in [1.29, 1.82) is 0 Å². The van der Waals surface area contributed by atoms with Crippen molar-refractivity contribution in [2.45, 2.75) is 83.8 Å². The molecule has 0 saturated heterocycles. The number of carbonyl (C=O) groups is 1. The summed E-state index contributed by atoms with van der Waals surface area (Å²) in [5, 5.41) is 8.82. The molecule has 7 heteroatoms. The standard InChI is InChI=1S/C16H33O4PS2/c1-4-6-8-10-12-19-21(22,20-13-11-9-7-5-2)23-15(3)14-16(17)18/h15H,4-14H2,1-3H3,(H,17,18). The van der Waals surface area contributed by atoms with E-state index in [1.165, 1.54) is 37.1 Å². The highest BCUT2D eigenvalue weighted by atomic mass is 32.9. The highest BCUT2D eigenvalue weighted by Gasteiger charge is 2.24. The Balaban J connectivity index is 4.32. The lowest BCUT2D eigenvalue weighted by molar-refractivity contribution is -0.136. The number of rotatable bonds is 16. The Labute approximate surface area is 151 Å². The van der Waals surface area contributed by atoms with Gasteiger partial charge in [-0.2, -0.15) is 0 Å². The van der Waals surface area contributed by atoms with Gasteiger partial charge in [0.15, 0.2) is 0 Å². The van der Waals surface area contributed by atoms with Crippen molar-refractivity contribution in [3.05, 3.63) is 0 Å². The Bertz CT molecular complexity index is 335. The van der Waals surface area contributed by atoms with Gasteiger partial charge in [-0.1, -0.05) is 70.7 Å². The molecule has 1 atom stereocenters. The molecule has 0 saturated carbocycles. The summed E-state index contributed by atoms with van der Waals surface area (Å²) < 4.78 is 11.8. The van der Waals surface area contributed by atoms with E-state index < -0.39 is 11.7 Å². The van der Waals surface area contributed by atoms with E-state index in [0.717, 1.165) is 25.7 Å². The molecule has 1 N–H and O–H groups in total. The molecule has 0 amide bonds.